The number of hydrogen-bond acceptors (Lipinski definition) is 2. The van der Waals surface area contributed by atoms with E-state index in [9.17, 15) is 0 Å². The number of nitrogens with two attached hydrogens (primary N) is 1. The molecule has 21 heavy (non-hydrogen) atoms. The first-order chi connectivity index (χ1) is 9.74. The normalized spacial score (nSPS) is 16.1. The van der Waals surface area contributed by atoms with Gasteiger partial charge in [0, 0.05) is 13.1 Å². The molecule has 2 aromatic rings. The van der Waals surface area contributed by atoms with Crippen LogP contribution >= 0.6 is 24.0 Å². The predicted molar refractivity (Wildman–Crippen MR) is 96.8 cm³/mol. The third-order valence-electron chi connectivity index (χ3n) is 3.98. The van der Waals surface area contributed by atoms with Crippen LogP contribution in [0.1, 0.15) is 31.5 Å². The van der Waals surface area contributed by atoms with Gasteiger partial charge in [0.15, 0.2) is 5.96 Å². The van der Waals surface area contributed by atoms with E-state index in [1.807, 2.05) is 25.2 Å². The zero-order chi connectivity index (χ0) is 13.9. The van der Waals surface area contributed by atoms with E-state index >= 15 is 0 Å². The molecule has 5 nitrogen and oxygen atoms in total. The number of fused-ring (bicyclic) bond motifs is 1. The van der Waals surface area contributed by atoms with Crippen LogP contribution < -0.4 is 11.1 Å². The van der Waals surface area contributed by atoms with Crippen molar-refractivity contribution in [3.63, 3.8) is 0 Å². The van der Waals surface area contributed by atoms with Crippen LogP contribution in [0.3, 0.4) is 0 Å². The Bertz CT molecular complexity index is 628. The highest BCUT2D eigenvalue weighted by Gasteiger charge is 2.15. The number of aryl methyl sites for hydroxylation is 1. The van der Waals surface area contributed by atoms with Crippen molar-refractivity contribution in [1.29, 1.82) is 0 Å². The van der Waals surface area contributed by atoms with Gasteiger partial charge in [-0.1, -0.05) is 25.0 Å². The van der Waals surface area contributed by atoms with E-state index in [-0.39, 0.29) is 24.0 Å². The first kappa shape index (κ1) is 16.1. The summed E-state index contributed by atoms with van der Waals surface area (Å²) in [6.45, 7) is 0.511. The summed E-state index contributed by atoms with van der Waals surface area (Å²) in [5, 5.41) is 3.29. The van der Waals surface area contributed by atoms with Gasteiger partial charge < -0.3 is 15.6 Å². The molecular formula is C15H22IN5. The van der Waals surface area contributed by atoms with Crippen LogP contribution in [0.15, 0.2) is 29.3 Å². The van der Waals surface area contributed by atoms with Gasteiger partial charge in [0.05, 0.1) is 11.0 Å². The van der Waals surface area contributed by atoms with Crippen LogP contribution in [0.25, 0.3) is 11.0 Å². The minimum absolute atomic E-state index is 0. The van der Waals surface area contributed by atoms with E-state index < -0.39 is 0 Å². The lowest BCUT2D eigenvalue weighted by molar-refractivity contribution is 0.624. The maximum atomic E-state index is 5.95. The lowest BCUT2D eigenvalue weighted by Crippen LogP contribution is -2.38. The van der Waals surface area contributed by atoms with Crippen molar-refractivity contribution in [3.05, 3.63) is 30.1 Å². The van der Waals surface area contributed by atoms with Gasteiger partial charge >= 0.3 is 0 Å². The SMILES string of the molecule is Cn1c(CN=C(N)NC2CCCC2)nc2ccccc21.I. The maximum absolute atomic E-state index is 5.95. The number of benzene rings is 1. The van der Waals surface area contributed by atoms with E-state index in [0.717, 1.165) is 16.9 Å². The first-order valence-electron chi connectivity index (χ1n) is 7.21. The van der Waals surface area contributed by atoms with Crippen molar-refractivity contribution in [2.45, 2.75) is 38.3 Å². The molecule has 1 heterocycles. The van der Waals surface area contributed by atoms with Crippen LogP contribution in [0.5, 0.6) is 0 Å². The summed E-state index contributed by atoms with van der Waals surface area (Å²) in [6, 6.07) is 8.60. The average molecular weight is 399 g/mol. The summed E-state index contributed by atoms with van der Waals surface area (Å²) < 4.78 is 2.07. The number of aliphatic imine (C=N–C) groups is 1. The molecule has 0 spiro atoms. The molecule has 0 unspecified atom stereocenters. The Morgan fingerprint density at radius 2 is 2.10 bits per heavy atom. The van der Waals surface area contributed by atoms with Crippen molar-refractivity contribution in [1.82, 2.24) is 14.9 Å². The Hall–Kier alpha value is -1.31. The fourth-order valence-corrected chi connectivity index (χ4v) is 2.82. The van der Waals surface area contributed by atoms with Gasteiger partial charge in [0.25, 0.3) is 0 Å². The molecule has 0 radical (unpaired) electrons. The van der Waals surface area contributed by atoms with Gasteiger partial charge in [-0.25, -0.2) is 9.98 Å². The average Bonchev–Trinajstić information content (AvgIpc) is 3.06. The minimum atomic E-state index is 0. The Labute approximate surface area is 142 Å². The Morgan fingerprint density at radius 3 is 2.81 bits per heavy atom. The zero-order valence-electron chi connectivity index (χ0n) is 12.2. The van der Waals surface area contributed by atoms with E-state index in [1.54, 1.807) is 0 Å². The molecule has 0 atom stereocenters. The molecular weight excluding hydrogens is 377 g/mol. The van der Waals surface area contributed by atoms with Crippen LogP contribution in [0, 0.1) is 0 Å². The van der Waals surface area contributed by atoms with Gasteiger partial charge in [-0.05, 0) is 25.0 Å². The molecule has 1 aliphatic carbocycles. The lowest BCUT2D eigenvalue weighted by Gasteiger charge is -2.12. The second kappa shape index (κ2) is 7.11. The predicted octanol–water partition coefficient (Wildman–Crippen LogP) is 2.54. The third-order valence-corrected chi connectivity index (χ3v) is 3.98. The number of rotatable bonds is 3. The second-order valence-corrected chi connectivity index (χ2v) is 5.40. The van der Waals surface area contributed by atoms with Crippen molar-refractivity contribution in [2.75, 3.05) is 0 Å². The maximum Gasteiger partial charge on any atom is 0.189 e. The molecule has 0 amide bonds. The summed E-state index contributed by atoms with van der Waals surface area (Å²) in [4.78, 5) is 9.00. The van der Waals surface area contributed by atoms with E-state index in [0.29, 0.717) is 18.5 Å². The summed E-state index contributed by atoms with van der Waals surface area (Å²) in [7, 11) is 2.01. The molecule has 114 valence electrons. The van der Waals surface area contributed by atoms with Gasteiger partial charge in [-0.3, -0.25) is 0 Å². The summed E-state index contributed by atoms with van der Waals surface area (Å²) >= 11 is 0. The van der Waals surface area contributed by atoms with Crippen LogP contribution in [-0.2, 0) is 13.6 Å². The number of imidazole rings is 1. The monoisotopic (exact) mass is 399 g/mol. The number of nitrogens with one attached hydrogen (secondary N) is 1. The van der Waals surface area contributed by atoms with Crippen molar-refractivity contribution in [3.8, 4) is 0 Å². The Morgan fingerprint density at radius 1 is 1.38 bits per heavy atom. The number of hydrogen-bond donors (Lipinski definition) is 2. The fraction of sp³-hybridized carbons (Fsp3) is 0.467. The summed E-state index contributed by atoms with van der Waals surface area (Å²) in [6.07, 6.45) is 4.97. The number of para-hydroxylation sites is 2. The smallest absolute Gasteiger partial charge is 0.189 e. The molecule has 1 aromatic heterocycles. The largest absolute Gasteiger partial charge is 0.370 e. The van der Waals surface area contributed by atoms with Crippen LogP contribution in [0.4, 0.5) is 0 Å². The molecule has 0 bridgehead atoms. The highest BCUT2D eigenvalue weighted by atomic mass is 127. The molecule has 0 aliphatic heterocycles. The van der Waals surface area contributed by atoms with E-state index in [1.165, 1.54) is 25.7 Å². The number of aromatic nitrogens is 2. The topological polar surface area (TPSA) is 68.2 Å². The molecule has 1 aromatic carbocycles. The quantitative estimate of drug-likeness (QED) is 0.474. The molecule has 0 saturated heterocycles. The summed E-state index contributed by atoms with van der Waals surface area (Å²) in [5.41, 5.74) is 8.07. The first-order valence-corrected chi connectivity index (χ1v) is 7.21. The van der Waals surface area contributed by atoms with Gasteiger partial charge in [0.1, 0.15) is 12.4 Å². The van der Waals surface area contributed by atoms with Gasteiger partial charge in [-0.15, -0.1) is 24.0 Å². The minimum Gasteiger partial charge on any atom is -0.370 e. The van der Waals surface area contributed by atoms with Crippen molar-refractivity contribution >= 4 is 41.0 Å². The standard InChI is InChI=1S/C15H21N5.HI/c1-20-13-9-5-4-8-12(13)19-14(20)10-17-15(16)18-11-6-2-3-7-11;/h4-5,8-9,11H,2-3,6-7,10H2,1H3,(H3,16,17,18);1H. The number of nitrogens with zero attached hydrogens (tertiary/aromatic N) is 3. The summed E-state index contributed by atoms with van der Waals surface area (Å²) in [5.74, 6) is 1.46. The highest BCUT2D eigenvalue weighted by Crippen LogP contribution is 2.17. The molecule has 1 saturated carbocycles. The lowest BCUT2D eigenvalue weighted by atomic mass is 10.2. The second-order valence-electron chi connectivity index (χ2n) is 5.40. The molecule has 3 N–H and O–H groups in total. The highest BCUT2D eigenvalue weighted by molar-refractivity contribution is 14.0. The van der Waals surface area contributed by atoms with Crippen molar-refractivity contribution < 1.29 is 0 Å². The number of halogens is 1. The molecule has 6 heteroatoms. The van der Waals surface area contributed by atoms with Crippen LogP contribution in [0.2, 0.25) is 0 Å². The molecule has 3 rings (SSSR count). The van der Waals surface area contributed by atoms with Gasteiger partial charge in [0.2, 0.25) is 0 Å². The Balaban J connectivity index is 0.00000161. The fourth-order valence-electron chi connectivity index (χ4n) is 2.82. The number of guanidine groups is 1. The van der Waals surface area contributed by atoms with Crippen molar-refractivity contribution in [2.24, 2.45) is 17.8 Å². The van der Waals surface area contributed by atoms with Crippen LogP contribution in [-0.4, -0.2) is 21.6 Å². The van der Waals surface area contributed by atoms with E-state index in [2.05, 4.69) is 25.9 Å². The zero-order valence-corrected chi connectivity index (χ0v) is 14.6. The Kier molecular flexibility index (Phi) is 5.44. The molecule has 1 aliphatic rings. The molecule has 1 fully saturated rings. The third kappa shape index (κ3) is 3.66. The van der Waals surface area contributed by atoms with E-state index in [4.69, 9.17) is 5.73 Å². The van der Waals surface area contributed by atoms with Gasteiger partial charge in [-0.2, -0.15) is 0 Å².